The molecule has 0 aliphatic heterocycles. The van der Waals surface area contributed by atoms with Gasteiger partial charge in [-0.25, -0.2) is 0 Å². The number of allylic oxidation sites excluding steroid dienone is 1. The third kappa shape index (κ3) is 8.03. The summed E-state index contributed by atoms with van der Waals surface area (Å²) in [6, 6.07) is 3.15. The van der Waals surface area contributed by atoms with Crippen molar-refractivity contribution in [2.45, 2.75) is 46.5 Å². The van der Waals surface area contributed by atoms with Gasteiger partial charge in [0.1, 0.15) is 0 Å². The summed E-state index contributed by atoms with van der Waals surface area (Å²) in [6.45, 7) is 6.35. The van der Waals surface area contributed by atoms with Gasteiger partial charge in [-0.05, 0) is 24.6 Å². The summed E-state index contributed by atoms with van der Waals surface area (Å²) < 4.78 is 0. The molecule has 0 fully saturated rings. The molecule has 2 N–H and O–H groups in total. The molecule has 0 aliphatic rings. The van der Waals surface area contributed by atoms with Crippen LogP contribution in [0, 0.1) is 0 Å². The Bertz CT molecular complexity index is 440. The highest BCUT2D eigenvalue weighted by Crippen LogP contribution is 2.07. The van der Waals surface area contributed by atoms with E-state index in [1.54, 1.807) is 6.07 Å². The molecule has 0 saturated carbocycles. The fraction of sp³-hybridized carbons (Fsp3) is 0.438. The minimum absolute atomic E-state index is 0.179. The van der Waals surface area contributed by atoms with Crippen LogP contribution in [0.1, 0.15) is 57.7 Å². The lowest BCUT2D eigenvalue weighted by atomic mass is 10.2. The highest BCUT2D eigenvalue weighted by atomic mass is 16.2. The third-order valence-electron chi connectivity index (χ3n) is 2.53. The quantitative estimate of drug-likeness (QED) is 0.606. The zero-order valence-corrected chi connectivity index (χ0v) is 12.1. The smallest absolute Gasteiger partial charge is 0.248 e. The van der Waals surface area contributed by atoms with Crippen LogP contribution in [0.15, 0.2) is 29.3 Å². The molecule has 0 radical (unpaired) electrons. The normalized spacial score (nSPS) is 10.7. The van der Waals surface area contributed by atoms with Gasteiger partial charge in [0.25, 0.3) is 0 Å². The van der Waals surface area contributed by atoms with Crippen molar-refractivity contribution in [1.29, 1.82) is 0 Å². The molecule has 0 aromatic carbocycles. The molecule has 0 saturated heterocycles. The van der Waals surface area contributed by atoms with Crippen LogP contribution in [0.3, 0.4) is 0 Å². The molecule has 0 atom stereocenters. The number of aliphatic hydroxyl groups is 1. The Morgan fingerprint density at radius 3 is 2.26 bits per heavy atom. The molecule has 0 amide bonds. The Labute approximate surface area is 115 Å². The van der Waals surface area contributed by atoms with Crippen molar-refractivity contribution in [2.24, 2.45) is 0 Å². The number of aromatic nitrogens is 1. The number of unbranched alkanes of at least 4 members (excludes halogenated alkanes) is 3. The van der Waals surface area contributed by atoms with Gasteiger partial charge in [0, 0.05) is 6.07 Å². The predicted octanol–water partition coefficient (Wildman–Crippen LogP) is 4.52. The minimum atomic E-state index is -0.179. The molecular formula is C16H25NO2. The predicted molar refractivity (Wildman–Crippen MR) is 83.2 cm³/mol. The van der Waals surface area contributed by atoms with Crippen molar-refractivity contribution in [3.8, 4) is 0 Å². The largest absolute Gasteiger partial charge is 0.516 e. The fourth-order valence-corrected chi connectivity index (χ4v) is 1.54. The van der Waals surface area contributed by atoms with Gasteiger partial charge >= 0.3 is 0 Å². The van der Waals surface area contributed by atoms with Gasteiger partial charge in [0.2, 0.25) is 5.56 Å². The first kappa shape index (κ1) is 17.2. The fourth-order valence-electron chi connectivity index (χ4n) is 1.54. The second-order valence-electron chi connectivity index (χ2n) is 4.21. The SMILES string of the molecule is C/C=C\c1ccc(=O)[nH]c1/C=C/O.CCCCCC. The Morgan fingerprint density at radius 1 is 1.16 bits per heavy atom. The summed E-state index contributed by atoms with van der Waals surface area (Å²) >= 11 is 0. The number of hydrogen-bond donors (Lipinski definition) is 2. The van der Waals surface area contributed by atoms with Crippen molar-refractivity contribution in [3.63, 3.8) is 0 Å². The van der Waals surface area contributed by atoms with Gasteiger partial charge in [-0.1, -0.05) is 51.7 Å². The topological polar surface area (TPSA) is 53.1 Å². The summed E-state index contributed by atoms with van der Waals surface area (Å²) in [7, 11) is 0. The first-order valence-corrected chi connectivity index (χ1v) is 6.86. The maximum atomic E-state index is 10.9. The van der Waals surface area contributed by atoms with E-state index < -0.39 is 0 Å². The Balaban J connectivity index is 0.000000459. The van der Waals surface area contributed by atoms with Crippen molar-refractivity contribution in [1.82, 2.24) is 4.98 Å². The molecular weight excluding hydrogens is 238 g/mol. The maximum absolute atomic E-state index is 10.9. The average molecular weight is 263 g/mol. The number of rotatable bonds is 5. The number of nitrogens with one attached hydrogen (secondary N) is 1. The minimum Gasteiger partial charge on any atom is -0.516 e. The third-order valence-corrected chi connectivity index (χ3v) is 2.53. The second-order valence-corrected chi connectivity index (χ2v) is 4.21. The van der Waals surface area contributed by atoms with Crippen molar-refractivity contribution < 1.29 is 5.11 Å². The van der Waals surface area contributed by atoms with Crippen molar-refractivity contribution >= 4 is 12.2 Å². The van der Waals surface area contributed by atoms with Gasteiger partial charge < -0.3 is 10.1 Å². The summed E-state index contributed by atoms with van der Waals surface area (Å²) in [5.74, 6) is 0. The van der Waals surface area contributed by atoms with E-state index in [0.717, 1.165) is 11.8 Å². The number of aliphatic hydroxyl groups excluding tert-OH is 1. The van der Waals surface area contributed by atoms with Crippen LogP contribution in [-0.4, -0.2) is 10.1 Å². The standard InChI is InChI=1S/C10H11NO2.C6H14/c1-2-3-8-4-5-10(13)11-9(8)6-7-12;1-3-5-6-4-2/h2-7,12H,1H3,(H,11,13);3-6H2,1-2H3/b3-2-,7-6+;. The molecule has 0 unspecified atom stereocenters. The molecule has 1 aromatic heterocycles. The lowest BCUT2D eigenvalue weighted by Gasteiger charge is -1.98. The van der Waals surface area contributed by atoms with Gasteiger partial charge in [-0.3, -0.25) is 4.79 Å². The molecule has 0 bridgehead atoms. The molecule has 19 heavy (non-hydrogen) atoms. The van der Waals surface area contributed by atoms with Crippen LogP contribution in [0.4, 0.5) is 0 Å². The second kappa shape index (κ2) is 11.3. The van der Waals surface area contributed by atoms with Crippen molar-refractivity contribution in [2.75, 3.05) is 0 Å². The number of hydrogen-bond acceptors (Lipinski definition) is 2. The van der Waals surface area contributed by atoms with Gasteiger partial charge in [-0.2, -0.15) is 0 Å². The number of pyridine rings is 1. The van der Waals surface area contributed by atoms with Crippen LogP contribution in [0.25, 0.3) is 12.2 Å². The summed E-state index contributed by atoms with van der Waals surface area (Å²) in [5.41, 5.74) is 1.29. The van der Waals surface area contributed by atoms with Crippen molar-refractivity contribution in [3.05, 3.63) is 46.1 Å². The first-order valence-electron chi connectivity index (χ1n) is 6.86. The first-order chi connectivity index (χ1) is 9.19. The summed E-state index contributed by atoms with van der Waals surface area (Å²) in [4.78, 5) is 13.5. The molecule has 0 aliphatic carbocycles. The molecule has 106 valence electrons. The average Bonchev–Trinajstić information content (AvgIpc) is 2.41. The monoisotopic (exact) mass is 263 g/mol. The lowest BCUT2D eigenvalue weighted by molar-refractivity contribution is 0.478. The summed E-state index contributed by atoms with van der Waals surface area (Å²) in [5, 5.41) is 8.58. The van der Waals surface area contributed by atoms with E-state index in [2.05, 4.69) is 18.8 Å². The Morgan fingerprint density at radius 2 is 1.79 bits per heavy atom. The van der Waals surface area contributed by atoms with Crippen LogP contribution >= 0.6 is 0 Å². The van der Waals surface area contributed by atoms with Crippen LogP contribution in [0.2, 0.25) is 0 Å². The summed E-state index contributed by atoms with van der Waals surface area (Å²) in [6.07, 6.45) is 11.6. The van der Waals surface area contributed by atoms with Gasteiger partial charge in [-0.15, -0.1) is 0 Å². The zero-order valence-electron chi connectivity index (χ0n) is 12.1. The molecule has 0 spiro atoms. The van der Waals surface area contributed by atoms with E-state index in [0.29, 0.717) is 5.69 Å². The zero-order chi connectivity index (χ0) is 14.5. The van der Waals surface area contributed by atoms with Gasteiger partial charge in [0.05, 0.1) is 12.0 Å². The van der Waals surface area contributed by atoms with E-state index >= 15 is 0 Å². The van der Waals surface area contributed by atoms with E-state index in [9.17, 15) is 4.79 Å². The Kier molecular flexibility index (Phi) is 10.3. The molecule has 1 aromatic rings. The highest BCUT2D eigenvalue weighted by molar-refractivity contribution is 5.61. The highest BCUT2D eigenvalue weighted by Gasteiger charge is 1.95. The van der Waals surface area contributed by atoms with E-state index in [4.69, 9.17) is 5.11 Å². The molecule has 3 heteroatoms. The van der Waals surface area contributed by atoms with Gasteiger partial charge in [0.15, 0.2) is 0 Å². The number of H-pyrrole nitrogens is 1. The number of aromatic amines is 1. The maximum Gasteiger partial charge on any atom is 0.248 e. The lowest BCUT2D eigenvalue weighted by Crippen LogP contribution is -2.05. The van der Waals surface area contributed by atoms with E-state index in [-0.39, 0.29) is 5.56 Å². The van der Waals surface area contributed by atoms with Crippen LogP contribution < -0.4 is 5.56 Å². The van der Waals surface area contributed by atoms with Crippen LogP contribution in [-0.2, 0) is 0 Å². The molecule has 3 nitrogen and oxygen atoms in total. The molecule has 1 rings (SSSR count). The van der Waals surface area contributed by atoms with E-state index in [1.165, 1.54) is 37.8 Å². The van der Waals surface area contributed by atoms with Crippen LogP contribution in [0.5, 0.6) is 0 Å². The van der Waals surface area contributed by atoms with E-state index in [1.807, 2.05) is 19.1 Å². The molecule has 1 heterocycles. The Hall–Kier alpha value is -1.77.